The van der Waals surface area contributed by atoms with Crippen LogP contribution in [0.1, 0.15) is 40.0 Å². The topological polar surface area (TPSA) is 56.8 Å². The van der Waals surface area contributed by atoms with Gasteiger partial charge in [0.1, 0.15) is 18.2 Å². The van der Waals surface area contributed by atoms with Crippen molar-refractivity contribution in [3.8, 4) is 0 Å². The highest BCUT2D eigenvalue weighted by Gasteiger charge is 2.34. The maximum Gasteiger partial charge on any atom is 0.324 e. The molecular formula is C14H26ClNO4. The normalized spacial score (nSPS) is 32.4. The fourth-order valence-electron chi connectivity index (χ4n) is 2.38. The van der Waals surface area contributed by atoms with Gasteiger partial charge in [0, 0.05) is 13.7 Å². The lowest BCUT2D eigenvalue weighted by Gasteiger charge is -2.30. The molecule has 0 radical (unpaired) electrons. The van der Waals surface area contributed by atoms with E-state index in [1.807, 2.05) is 6.92 Å². The Morgan fingerprint density at radius 3 is 2.70 bits per heavy atom. The molecule has 0 amide bonds. The largest absolute Gasteiger partial charge is 0.459 e. The smallest absolute Gasteiger partial charge is 0.324 e. The number of ether oxygens (including phenoxy) is 3. The van der Waals surface area contributed by atoms with Crippen molar-refractivity contribution in [2.75, 3.05) is 13.7 Å². The molecule has 1 heterocycles. The van der Waals surface area contributed by atoms with Crippen LogP contribution in [0.2, 0.25) is 0 Å². The summed E-state index contributed by atoms with van der Waals surface area (Å²) >= 11 is 5.60. The lowest BCUT2D eigenvalue weighted by molar-refractivity contribution is -0.164. The minimum Gasteiger partial charge on any atom is -0.459 e. The number of rotatable bonds is 5. The molecule has 1 fully saturated rings. The van der Waals surface area contributed by atoms with Crippen LogP contribution in [-0.2, 0) is 19.0 Å². The van der Waals surface area contributed by atoms with E-state index >= 15 is 0 Å². The van der Waals surface area contributed by atoms with Gasteiger partial charge in [0.2, 0.25) is 0 Å². The molecule has 1 rings (SSSR count). The molecule has 4 atom stereocenters. The zero-order valence-electron chi connectivity index (χ0n) is 12.7. The molecule has 0 aromatic carbocycles. The van der Waals surface area contributed by atoms with Gasteiger partial charge in [-0.1, -0.05) is 13.8 Å². The SMILES string of the molecule is CO[C@H]1[C@H](C)OC(=O)[C@@H](NCl)CCC[C@@H]1OCC(C)C. The second-order valence-electron chi connectivity index (χ2n) is 5.70. The quantitative estimate of drug-likeness (QED) is 0.624. The van der Waals surface area contributed by atoms with E-state index < -0.39 is 6.04 Å². The van der Waals surface area contributed by atoms with Gasteiger partial charge in [-0.05, 0) is 43.9 Å². The maximum absolute atomic E-state index is 11.9. The van der Waals surface area contributed by atoms with Crippen LogP contribution in [0.15, 0.2) is 0 Å². The Hall–Kier alpha value is -0.360. The summed E-state index contributed by atoms with van der Waals surface area (Å²) in [5, 5.41) is 0. The Morgan fingerprint density at radius 2 is 2.15 bits per heavy atom. The molecule has 0 saturated carbocycles. The highest BCUT2D eigenvalue weighted by molar-refractivity contribution is 6.14. The number of hydrogen-bond donors (Lipinski definition) is 1. The first-order chi connectivity index (χ1) is 9.49. The van der Waals surface area contributed by atoms with E-state index in [-0.39, 0.29) is 24.3 Å². The Labute approximate surface area is 126 Å². The van der Waals surface area contributed by atoms with Crippen LogP contribution < -0.4 is 4.84 Å². The van der Waals surface area contributed by atoms with Crippen molar-refractivity contribution in [1.29, 1.82) is 0 Å². The molecule has 1 aliphatic rings. The summed E-state index contributed by atoms with van der Waals surface area (Å²) in [7, 11) is 1.62. The summed E-state index contributed by atoms with van der Waals surface area (Å²) in [6.07, 6.45) is 1.59. The first-order valence-electron chi connectivity index (χ1n) is 7.20. The molecule has 1 N–H and O–H groups in total. The first kappa shape index (κ1) is 17.7. The van der Waals surface area contributed by atoms with Crippen molar-refractivity contribution in [1.82, 2.24) is 4.84 Å². The van der Waals surface area contributed by atoms with Gasteiger partial charge in [0.15, 0.2) is 0 Å². The van der Waals surface area contributed by atoms with E-state index in [1.165, 1.54) is 0 Å². The molecule has 0 unspecified atom stereocenters. The van der Waals surface area contributed by atoms with Crippen LogP contribution in [0.3, 0.4) is 0 Å². The van der Waals surface area contributed by atoms with Gasteiger partial charge in [-0.2, -0.15) is 0 Å². The Kier molecular flexibility index (Phi) is 7.80. The predicted octanol–water partition coefficient (Wildman–Crippen LogP) is 2.27. The van der Waals surface area contributed by atoms with E-state index in [4.69, 9.17) is 26.0 Å². The number of carbonyl (C=O) groups is 1. The van der Waals surface area contributed by atoms with Crippen molar-refractivity contribution < 1.29 is 19.0 Å². The molecule has 5 nitrogen and oxygen atoms in total. The summed E-state index contributed by atoms with van der Waals surface area (Å²) in [5.41, 5.74) is 0. The average molecular weight is 308 g/mol. The van der Waals surface area contributed by atoms with Crippen LogP contribution in [0.4, 0.5) is 0 Å². The van der Waals surface area contributed by atoms with E-state index in [9.17, 15) is 4.79 Å². The minimum absolute atomic E-state index is 0.0701. The zero-order valence-corrected chi connectivity index (χ0v) is 13.5. The summed E-state index contributed by atoms with van der Waals surface area (Å²) in [4.78, 5) is 14.4. The number of hydrogen-bond acceptors (Lipinski definition) is 5. The van der Waals surface area contributed by atoms with Crippen LogP contribution >= 0.6 is 11.8 Å². The Bertz CT molecular complexity index is 301. The Morgan fingerprint density at radius 1 is 1.45 bits per heavy atom. The van der Waals surface area contributed by atoms with Gasteiger partial charge in [-0.15, -0.1) is 0 Å². The molecular weight excluding hydrogens is 282 g/mol. The highest BCUT2D eigenvalue weighted by Crippen LogP contribution is 2.21. The fourth-order valence-corrected chi connectivity index (χ4v) is 2.57. The second-order valence-corrected chi connectivity index (χ2v) is 5.92. The summed E-state index contributed by atoms with van der Waals surface area (Å²) in [5.74, 6) is 0.120. The van der Waals surface area contributed by atoms with Crippen LogP contribution in [0.25, 0.3) is 0 Å². The molecule has 118 valence electrons. The second kappa shape index (κ2) is 8.82. The van der Waals surface area contributed by atoms with Crippen molar-refractivity contribution in [2.45, 2.75) is 64.4 Å². The Balaban J connectivity index is 2.76. The van der Waals surface area contributed by atoms with Gasteiger partial charge in [0.25, 0.3) is 0 Å². The molecule has 0 aromatic rings. The summed E-state index contributed by atoms with van der Waals surface area (Å²) in [6, 6.07) is -0.472. The summed E-state index contributed by atoms with van der Waals surface area (Å²) < 4.78 is 16.9. The third-order valence-electron chi connectivity index (χ3n) is 3.44. The van der Waals surface area contributed by atoms with Crippen molar-refractivity contribution in [3.63, 3.8) is 0 Å². The standard InChI is InChI=1S/C14H26ClNO4/c1-9(2)8-19-12-7-5-6-11(16-15)14(17)20-10(3)13(12)18-4/h9-13,16H,5-8H2,1-4H3/t10-,11-,12-,13-/m0/s1. The van der Waals surface area contributed by atoms with Crippen LogP contribution in [0, 0.1) is 5.92 Å². The molecule has 0 bridgehead atoms. The number of nitrogens with one attached hydrogen (secondary N) is 1. The lowest BCUT2D eigenvalue weighted by Crippen LogP contribution is -2.43. The maximum atomic E-state index is 11.9. The predicted molar refractivity (Wildman–Crippen MR) is 77.6 cm³/mol. The van der Waals surface area contributed by atoms with E-state index in [2.05, 4.69) is 18.7 Å². The van der Waals surface area contributed by atoms with E-state index in [0.717, 1.165) is 12.8 Å². The lowest BCUT2D eigenvalue weighted by atomic mass is 10.0. The number of cyclic esters (lactones) is 1. The molecule has 0 aromatic heterocycles. The van der Waals surface area contributed by atoms with Crippen LogP contribution in [-0.4, -0.2) is 44.0 Å². The zero-order chi connectivity index (χ0) is 15.1. The first-order valence-corrected chi connectivity index (χ1v) is 7.58. The highest BCUT2D eigenvalue weighted by atomic mass is 35.5. The molecule has 1 aliphatic heterocycles. The molecule has 0 spiro atoms. The molecule has 20 heavy (non-hydrogen) atoms. The number of halogens is 1. The third kappa shape index (κ3) is 5.20. The monoisotopic (exact) mass is 307 g/mol. The molecule has 1 saturated heterocycles. The number of carbonyl (C=O) groups excluding carboxylic acids is 1. The van der Waals surface area contributed by atoms with Crippen molar-refractivity contribution >= 4 is 17.7 Å². The van der Waals surface area contributed by atoms with E-state index in [1.54, 1.807) is 7.11 Å². The molecule has 0 aliphatic carbocycles. The van der Waals surface area contributed by atoms with Gasteiger partial charge < -0.3 is 14.2 Å². The minimum atomic E-state index is -0.472. The van der Waals surface area contributed by atoms with E-state index in [0.29, 0.717) is 18.9 Å². The number of esters is 1. The number of methoxy groups -OCH3 is 1. The molecule has 6 heteroatoms. The van der Waals surface area contributed by atoms with Gasteiger partial charge in [-0.25, -0.2) is 4.84 Å². The van der Waals surface area contributed by atoms with Gasteiger partial charge in [-0.3, -0.25) is 4.79 Å². The van der Waals surface area contributed by atoms with Crippen molar-refractivity contribution in [3.05, 3.63) is 0 Å². The fraction of sp³-hybridized carbons (Fsp3) is 0.929. The third-order valence-corrected chi connectivity index (χ3v) is 3.71. The average Bonchev–Trinajstić information content (AvgIpc) is 2.44. The van der Waals surface area contributed by atoms with Gasteiger partial charge in [0.05, 0.1) is 6.10 Å². The van der Waals surface area contributed by atoms with Crippen molar-refractivity contribution in [2.24, 2.45) is 5.92 Å². The van der Waals surface area contributed by atoms with Gasteiger partial charge >= 0.3 is 5.97 Å². The summed E-state index contributed by atoms with van der Waals surface area (Å²) in [6.45, 7) is 6.71. The van der Waals surface area contributed by atoms with Crippen LogP contribution in [0.5, 0.6) is 0 Å².